The predicted molar refractivity (Wildman–Crippen MR) is 143 cm³/mol. The number of amides is 1. The number of hydrogen-bond donors (Lipinski definition) is 0. The van der Waals surface area contributed by atoms with E-state index in [2.05, 4.69) is 15.9 Å². The molecular weight excluding hydrogens is 552 g/mol. The zero-order valence-electron chi connectivity index (χ0n) is 19.9. The van der Waals surface area contributed by atoms with Gasteiger partial charge in [-0.2, -0.15) is 0 Å². The molecule has 1 aliphatic rings. The number of sulfonamides is 1. The molecule has 3 aromatic carbocycles. The number of halogens is 2. The molecule has 1 atom stereocenters. The molecule has 184 valence electrons. The van der Waals surface area contributed by atoms with E-state index in [-0.39, 0.29) is 22.6 Å². The molecule has 0 saturated heterocycles. The number of aryl methyl sites for hydroxylation is 2. The van der Waals surface area contributed by atoms with Gasteiger partial charge in [0.25, 0.3) is 10.0 Å². The summed E-state index contributed by atoms with van der Waals surface area (Å²) in [5, 5.41) is 0.413. The first-order valence-corrected chi connectivity index (χ1v) is 13.7. The quantitative estimate of drug-likeness (QED) is 0.366. The second-order valence-corrected chi connectivity index (χ2v) is 11.8. The van der Waals surface area contributed by atoms with E-state index in [0.717, 1.165) is 31.2 Å². The summed E-state index contributed by atoms with van der Waals surface area (Å²) in [4.78, 5) is 15.3. The first-order chi connectivity index (χ1) is 16.5. The Kier molecular flexibility index (Phi) is 7.18. The van der Waals surface area contributed by atoms with Gasteiger partial charge >= 0.3 is 0 Å². The number of nitrogens with zero attached hydrogens (tertiary/aromatic N) is 2. The summed E-state index contributed by atoms with van der Waals surface area (Å²) in [5.41, 5.74) is 3.69. The van der Waals surface area contributed by atoms with Crippen LogP contribution in [0.2, 0.25) is 5.02 Å². The lowest BCUT2D eigenvalue weighted by atomic mass is 10.1. The molecule has 0 aliphatic carbocycles. The van der Waals surface area contributed by atoms with Gasteiger partial charge in [-0.25, -0.2) is 8.42 Å². The van der Waals surface area contributed by atoms with Gasteiger partial charge < -0.3 is 9.64 Å². The highest BCUT2D eigenvalue weighted by Gasteiger charge is 2.36. The van der Waals surface area contributed by atoms with Crippen LogP contribution in [0.5, 0.6) is 5.75 Å². The summed E-state index contributed by atoms with van der Waals surface area (Å²) in [6.45, 7) is 5.20. The fourth-order valence-electron chi connectivity index (χ4n) is 4.33. The molecule has 6 nitrogen and oxygen atoms in total. The molecule has 4 rings (SSSR count). The molecule has 0 aromatic heterocycles. The third kappa shape index (κ3) is 4.92. The Morgan fingerprint density at radius 2 is 1.89 bits per heavy atom. The Morgan fingerprint density at radius 3 is 2.57 bits per heavy atom. The summed E-state index contributed by atoms with van der Waals surface area (Å²) >= 11 is 9.84. The summed E-state index contributed by atoms with van der Waals surface area (Å²) in [5.74, 6) is -0.124. The molecule has 0 spiro atoms. The standard InChI is InChI=1S/C26H26BrClN2O4S/c1-16-5-10-24(34-4)25(11-16)35(32,33)29(21-8-6-17(2)22(28)14-21)15-26(31)30-18(3)12-19-13-20(27)7-9-23(19)30/h5-11,13-14,18H,12,15H2,1-4H3/t18-/m1/s1. The molecule has 0 fully saturated rings. The van der Waals surface area contributed by atoms with Gasteiger partial charge in [-0.3, -0.25) is 9.10 Å². The van der Waals surface area contributed by atoms with Crippen LogP contribution in [0.4, 0.5) is 11.4 Å². The van der Waals surface area contributed by atoms with Gasteiger partial charge in [0.05, 0.1) is 12.8 Å². The largest absolute Gasteiger partial charge is 0.495 e. The molecular formula is C26H26BrClN2O4S. The average Bonchev–Trinajstić information content (AvgIpc) is 3.13. The van der Waals surface area contributed by atoms with Gasteiger partial charge in [0.15, 0.2) is 0 Å². The van der Waals surface area contributed by atoms with Crippen molar-refractivity contribution in [3.05, 3.63) is 80.8 Å². The van der Waals surface area contributed by atoms with E-state index in [4.69, 9.17) is 16.3 Å². The fourth-order valence-corrected chi connectivity index (χ4v) is 6.57. The second-order valence-electron chi connectivity index (χ2n) is 8.69. The Labute approximate surface area is 219 Å². The van der Waals surface area contributed by atoms with E-state index in [1.54, 1.807) is 48.2 Å². The molecule has 1 amide bonds. The third-order valence-corrected chi connectivity index (χ3v) is 8.83. The van der Waals surface area contributed by atoms with Crippen LogP contribution in [-0.2, 0) is 21.2 Å². The van der Waals surface area contributed by atoms with Gasteiger partial charge in [-0.1, -0.05) is 39.7 Å². The van der Waals surface area contributed by atoms with Crippen molar-refractivity contribution in [1.29, 1.82) is 0 Å². The van der Waals surface area contributed by atoms with Crippen LogP contribution in [-0.4, -0.2) is 34.0 Å². The van der Waals surface area contributed by atoms with E-state index in [1.807, 2.05) is 32.0 Å². The number of carbonyl (C=O) groups excluding carboxylic acids is 1. The lowest BCUT2D eigenvalue weighted by Gasteiger charge is -2.29. The third-order valence-electron chi connectivity index (χ3n) is 6.14. The highest BCUT2D eigenvalue weighted by atomic mass is 79.9. The summed E-state index contributed by atoms with van der Waals surface area (Å²) in [6, 6.07) is 15.6. The maximum atomic E-state index is 14.0. The molecule has 0 N–H and O–H groups in total. The first kappa shape index (κ1) is 25.5. The number of anilines is 2. The van der Waals surface area contributed by atoms with E-state index in [9.17, 15) is 13.2 Å². The number of rotatable bonds is 6. The minimum Gasteiger partial charge on any atom is -0.495 e. The Hall–Kier alpha value is -2.55. The van der Waals surface area contributed by atoms with E-state index >= 15 is 0 Å². The normalized spacial score (nSPS) is 15.1. The Bertz CT molecular complexity index is 1410. The Balaban J connectivity index is 1.80. The van der Waals surface area contributed by atoms with E-state index in [1.165, 1.54) is 7.11 Å². The van der Waals surface area contributed by atoms with Crippen LogP contribution in [0.1, 0.15) is 23.6 Å². The molecule has 0 radical (unpaired) electrons. The van der Waals surface area contributed by atoms with Crippen molar-refractivity contribution >= 4 is 54.8 Å². The smallest absolute Gasteiger partial charge is 0.268 e. The Morgan fingerprint density at radius 1 is 1.14 bits per heavy atom. The average molecular weight is 578 g/mol. The van der Waals surface area contributed by atoms with Crippen molar-refractivity contribution in [2.45, 2.75) is 38.1 Å². The summed E-state index contributed by atoms with van der Waals surface area (Å²) < 4.78 is 35.4. The van der Waals surface area contributed by atoms with Crippen LogP contribution in [0, 0.1) is 13.8 Å². The van der Waals surface area contributed by atoms with Gasteiger partial charge in [0.1, 0.15) is 17.2 Å². The van der Waals surface area contributed by atoms with Crippen LogP contribution >= 0.6 is 27.5 Å². The van der Waals surface area contributed by atoms with E-state index in [0.29, 0.717) is 17.1 Å². The lowest BCUT2D eigenvalue weighted by Crippen LogP contribution is -2.45. The topological polar surface area (TPSA) is 66.9 Å². The van der Waals surface area contributed by atoms with Crippen LogP contribution in [0.25, 0.3) is 0 Å². The molecule has 9 heteroatoms. The first-order valence-electron chi connectivity index (χ1n) is 11.1. The highest BCUT2D eigenvalue weighted by Crippen LogP contribution is 2.36. The van der Waals surface area contributed by atoms with Gasteiger partial charge in [-0.15, -0.1) is 0 Å². The maximum absolute atomic E-state index is 14.0. The number of hydrogen-bond acceptors (Lipinski definition) is 4. The summed E-state index contributed by atoms with van der Waals surface area (Å²) in [7, 11) is -2.76. The monoisotopic (exact) mass is 576 g/mol. The molecule has 1 heterocycles. The van der Waals surface area contributed by atoms with Crippen molar-refractivity contribution in [3.8, 4) is 5.75 Å². The molecule has 35 heavy (non-hydrogen) atoms. The number of benzene rings is 3. The number of ether oxygens (including phenoxy) is 1. The number of carbonyl (C=O) groups is 1. The van der Waals surface area contributed by atoms with Crippen LogP contribution in [0.3, 0.4) is 0 Å². The predicted octanol–water partition coefficient (Wildman–Crippen LogP) is 5.90. The van der Waals surface area contributed by atoms with Gasteiger partial charge in [-0.05, 0) is 86.3 Å². The zero-order chi connectivity index (χ0) is 25.5. The van der Waals surface area contributed by atoms with Crippen molar-refractivity contribution in [3.63, 3.8) is 0 Å². The lowest BCUT2D eigenvalue weighted by molar-refractivity contribution is -0.117. The van der Waals surface area contributed by atoms with Crippen molar-refractivity contribution in [1.82, 2.24) is 0 Å². The SMILES string of the molecule is COc1ccc(C)cc1S(=O)(=O)N(CC(=O)N1c2ccc(Br)cc2C[C@H]1C)c1ccc(C)c(Cl)c1. The summed E-state index contributed by atoms with van der Waals surface area (Å²) in [6.07, 6.45) is 0.690. The van der Waals surface area contributed by atoms with E-state index < -0.39 is 16.6 Å². The van der Waals surface area contributed by atoms with Crippen molar-refractivity contribution in [2.24, 2.45) is 0 Å². The minimum absolute atomic E-state index is 0.0108. The van der Waals surface area contributed by atoms with Crippen LogP contribution < -0.4 is 13.9 Å². The number of methoxy groups -OCH3 is 1. The maximum Gasteiger partial charge on any atom is 0.268 e. The van der Waals surface area contributed by atoms with Gasteiger partial charge in [0, 0.05) is 21.2 Å². The minimum atomic E-state index is -4.18. The molecule has 1 aliphatic heterocycles. The molecule has 0 bridgehead atoms. The van der Waals surface area contributed by atoms with Crippen molar-refractivity contribution in [2.75, 3.05) is 22.9 Å². The second kappa shape index (κ2) is 9.84. The van der Waals surface area contributed by atoms with Crippen LogP contribution in [0.15, 0.2) is 64.0 Å². The molecule has 3 aromatic rings. The van der Waals surface area contributed by atoms with Crippen molar-refractivity contribution < 1.29 is 17.9 Å². The fraction of sp³-hybridized carbons (Fsp3) is 0.269. The molecule has 0 saturated carbocycles. The molecule has 0 unspecified atom stereocenters. The van der Waals surface area contributed by atoms with Gasteiger partial charge in [0.2, 0.25) is 5.91 Å². The number of fused-ring (bicyclic) bond motifs is 1. The zero-order valence-corrected chi connectivity index (χ0v) is 23.0. The highest BCUT2D eigenvalue weighted by molar-refractivity contribution is 9.10.